The number of rotatable bonds is 3. The third kappa shape index (κ3) is 3.29. The zero-order valence-corrected chi connectivity index (χ0v) is 17.4. The molecule has 3 aromatic rings. The summed E-state index contributed by atoms with van der Waals surface area (Å²) in [6.07, 6.45) is 0.588. The van der Waals surface area contributed by atoms with Crippen molar-refractivity contribution >= 4 is 34.1 Å². The summed E-state index contributed by atoms with van der Waals surface area (Å²) in [7, 11) is 2.95. The minimum atomic E-state index is -0.393. The molecule has 2 aromatic carbocycles. The molecule has 0 fully saturated rings. The lowest BCUT2D eigenvalue weighted by molar-refractivity contribution is 0.0600. The molecule has 0 unspecified atom stereocenters. The van der Waals surface area contributed by atoms with Crippen molar-refractivity contribution in [3.63, 3.8) is 0 Å². The number of esters is 1. The second-order valence-corrected chi connectivity index (χ2v) is 7.44. The van der Waals surface area contributed by atoms with Gasteiger partial charge in [0.25, 0.3) is 0 Å². The highest BCUT2D eigenvalue weighted by Gasteiger charge is 2.24. The lowest BCUT2D eigenvalue weighted by atomic mass is 10.0. The number of fused-ring (bicyclic) bond motifs is 2. The van der Waals surface area contributed by atoms with Gasteiger partial charge in [0.15, 0.2) is 11.5 Å². The van der Waals surface area contributed by atoms with Crippen LogP contribution < -0.4 is 9.47 Å². The number of methoxy groups -OCH3 is 2. The van der Waals surface area contributed by atoms with Crippen molar-refractivity contribution in [1.82, 2.24) is 9.97 Å². The van der Waals surface area contributed by atoms with Crippen molar-refractivity contribution in [2.75, 3.05) is 14.2 Å². The van der Waals surface area contributed by atoms with Gasteiger partial charge in [-0.15, -0.1) is 0 Å². The molecule has 1 aliphatic heterocycles. The summed E-state index contributed by atoms with van der Waals surface area (Å²) in [5.74, 6) is 1.99. The smallest absolute Gasteiger partial charge is 0.337 e. The Kier molecular flexibility index (Phi) is 4.91. The van der Waals surface area contributed by atoms with E-state index in [0.717, 1.165) is 21.2 Å². The third-order valence-corrected chi connectivity index (χ3v) is 5.24. The fourth-order valence-corrected chi connectivity index (χ4v) is 3.79. The highest BCUT2D eigenvalue weighted by molar-refractivity contribution is 9.10. The number of aromatic nitrogens is 2. The summed E-state index contributed by atoms with van der Waals surface area (Å²) < 4.78 is 17.6. The van der Waals surface area contributed by atoms with Crippen LogP contribution in [0.3, 0.4) is 0 Å². The second-order valence-electron chi connectivity index (χ2n) is 6.14. The van der Waals surface area contributed by atoms with E-state index in [1.54, 1.807) is 31.4 Å². The van der Waals surface area contributed by atoms with Crippen molar-refractivity contribution < 1.29 is 19.0 Å². The van der Waals surface area contributed by atoms with Crippen molar-refractivity contribution in [2.24, 2.45) is 0 Å². The fourth-order valence-electron chi connectivity index (χ4n) is 3.05. The molecule has 0 atom stereocenters. The molecule has 0 aliphatic carbocycles. The number of nitrogens with one attached hydrogen (secondary N) is 1. The van der Waals surface area contributed by atoms with Crippen LogP contribution in [0.4, 0.5) is 0 Å². The zero-order chi connectivity index (χ0) is 19.8. The second kappa shape index (κ2) is 7.37. The Labute approximate surface area is 174 Å². The summed E-state index contributed by atoms with van der Waals surface area (Å²) in [6, 6.07) is 10.7. The maximum absolute atomic E-state index is 11.6. The molecular weight excluding hydrogens is 444 g/mol. The first kappa shape index (κ1) is 18.6. The molecule has 28 heavy (non-hydrogen) atoms. The minimum Gasteiger partial charge on any atom is -0.493 e. The summed E-state index contributed by atoms with van der Waals surface area (Å²) in [6.45, 7) is 0. The van der Waals surface area contributed by atoms with Crippen LogP contribution in [-0.2, 0) is 11.2 Å². The molecule has 0 bridgehead atoms. The van der Waals surface area contributed by atoms with Crippen LogP contribution in [-0.4, -0.2) is 30.2 Å². The van der Waals surface area contributed by atoms with Gasteiger partial charge in [0.2, 0.25) is 5.88 Å². The van der Waals surface area contributed by atoms with Gasteiger partial charge in [0, 0.05) is 22.0 Å². The Bertz CT molecular complexity index is 1140. The molecule has 2 heterocycles. The zero-order valence-electron chi connectivity index (χ0n) is 15.0. The molecule has 1 N–H and O–H groups in total. The number of carbonyl (C=O) groups is 1. The summed E-state index contributed by atoms with van der Waals surface area (Å²) in [5.41, 5.74) is 3.02. The van der Waals surface area contributed by atoms with Crippen molar-refractivity contribution in [3.8, 4) is 28.8 Å². The van der Waals surface area contributed by atoms with Crippen LogP contribution in [0.15, 0.2) is 40.9 Å². The van der Waals surface area contributed by atoms with E-state index in [4.69, 9.17) is 26.4 Å². The van der Waals surface area contributed by atoms with Crippen LogP contribution in [0.5, 0.6) is 17.4 Å². The quantitative estimate of drug-likeness (QED) is 0.341. The van der Waals surface area contributed by atoms with Crippen LogP contribution >= 0.6 is 28.1 Å². The first-order valence-corrected chi connectivity index (χ1v) is 9.56. The molecule has 142 valence electrons. The molecule has 8 heteroatoms. The predicted molar refractivity (Wildman–Crippen MR) is 110 cm³/mol. The lowest BCUT2D eigenvalue weighted by Gasteiger charge is -2.22. The Hall–Kier alpha value is -2.71. The number of H-pyrrole nitrogens is 1. The Morgan fingerprint density at radius 1 is 1.25 bits per heavy atom. The summed E-state index contributed by atoms with van der Waals surface area (Å²) in [5, 5.41) is 0. The van der Waals surface area contributed by atoms with Gasteiger partial charge in [-0.25, -0.2) is 9.78 Å². The number of aromatic amines is 1. The number of halogens is 1. The van der Waals surface area contributed by atoms with Gasteiger partial charge < -0.3 is 19.2 Å². The van der Waals surface area contributed by atoms with Gasteiger partial charge in [-0.2, -0.15) is 0 Å². The highest BCUT2D eigenvalue weighted by Crippen LogP contribution is 2.43. The topological polar surface area (TPSA) is 73.4 Å². The van der Waals surface area contributed by atoms with Gasteiger partial charge in [0.05, 0.1) is 25.3 Å². The average molecular weight is 459 g/mol. The molecule has 4 rings (SSSR count). The van der Waals surface area contributed by atoms with Gasteiger partial charge in [-0.3, -0.25) is 0 Å². The number of ether oxygens (including phenoxy) is 3. The van der Waals surface area contributed by atoms with E-state index in [1.807, 2.05) is 12.1 Å². The van der Waals surface area contributed by atoms with Crippen molar-refractivity contribution in [2.45, 2.75) is 6.42 Å². The van der Waals surface area contributed by atoms with E-state index < -0.39 is 5.97 Å². The molecule has 0 spiro atoms. The first-order chi connectivity index (χ1) is 13.5. The fraction of sp³-hybridized carbons (Fsp3) is 0.150. The van der Waals surface area contributed by atoms with Gasteiger partial charge in [-0.05, 0) is 24.3 Å². The monoisotopic (exact) mass is 458 g/mol. The van der Waals surface area contributed by atoms with Crippen LogP contribution in [0.2, 0.25) is 0 Å². The lowest BCUT2D eigenvalue weighted by Crippen LogP contribution is -2.09. The van der Waals surface area contributed by atoms with Gasteiger partial charge in [-0.1, -0.05) is 40.3 Å². The summed E-state index contributed by atoms with van der Waals surface area (Å²) in [4.78, 5) is 19.3. The normalized spacial score (nSPS) is 11.8. The number of hydrogen-bond donors (Lipinski definition) is 1. The minimum absolute atomic E-state index is 0.393. The van der Waals surface area contributed by atoms with E-state index in [9.17, 15) is 4.79 Å². The first-order valence-electron chi connectivity index (χ1n) is 8.36. The molecular formula is C20H15BrN2O4S. The maximum Gasteiger partial charge on any atom is 0.337 e. The average Bonchev–Trinajstić information content (AvgIpc) is 2.71. The van der Waals surface area contributed by atoms with Crippen LogP contribution in [0.25, 0.3) is 11.4 Å². The Morgan fingerprint density at radius 3 is 2.68 bits per heavy atom. The molecule has 0 radical (unpaired) electrons. The molecule has 1 aliphatic rings. The number of benzene rings is 2. The molecule has 0 saturated heterocycles. The van der Waals surface area contributed by atoms with E-state index in [0.29, 0.717) is 39.8 Å². The van der Waals surface area contributed by atoms with E-state index >= 15 is 0 Å². The van der Waals surface area contributed by atoms with Gasteiger partial charge >= 0.3 is 5.97 Å². The molecule has 6 nitrogen and oxygen atoms in total. The Morgan fingerprint density at radius 2 is 2.00 bits per heavy atom. The predicted octanol–water partition coefficient (Wildman–Crippen LogP) is 5.06. The third-order valence-electron chi connectivity index (χ3n) is 4.44. The van der Waals surface area contributed by atoms with Crippen LogP contribution in [0.1, 0.15) is 21.5 Å². The van der Waals surface area contributed by atoms with E-state index in [2.05, 4.69) is 25.9 Å². The largest absolute Gasteiger partial charge is 0.493 e. The van der Waals surface area contributed by atoms with Crippen molar-refractivity contribution in [3.05, 3.63) is 62.2 Å². The number of hydrogen-bond acceptors (Lipinski definition) is 6. The van der Waals surface area contributed by atoms with Gasteiger partial charge in [0.1, 0.15) is 10.5 Å². The number of carbonyl (C=O) groups excluding carboxylic acids is 1. The van der Waals surface area contributed by atoms with E-state index in [1.165, 1.54) is 7.11 Å². The van der Waals surface area contributed by atoms with Crippen molar-refractivity contribution in [1.29, 1.82) is 0 Å². The molecule has 0 amide bonds. The van der Waals surface area contributed by atoms with E-state index in [-0.39, 0.29) is 0 Å². The summed E-state index contributed by atoms with van der Waals surface area (Å²) >= 11 is 8.99. The molecule has 1 aromatic heterocycles. The highest BCUT2D eigenvalue weighted by atomic mass is 79.9. The standard InChI is InChI=1S/C20H15BrN2O4S/c1-25-15-9-13(21)7-12-8-14-18(27-16(12)15)22-17(23-19(14)28)10-3-5-11(6-4-10)20(24)26-2/h3-7,9H,8H2,1-2H3,(H,22,23,28). The van der Waals surface area contributed by atoms with Crippen LogP contribution in [0, 0.1) is 4.64 Å². The number of nitrogens with zero attached hydrogens (tertiary/aromatic N) is 1. The molecule has 0 saturated carbocycles. The Balaban J connectivity index is 1.75. The maximum atomic E-state index is 11.6. The SMILES string of the molecule is COC(=O)c1ccc(-c2nc(=S)c3c([nH]2)Oc2c(cc(Br)cc2OC)C3)cc1.